The van der Waals surface area contributed by atoms with Crippen LogP contribution in [0.2, 0.25) is 0 Å². The van der Waals surface area contributed by atoms with Gasteiger partial charge in [0.15, 0.2) is 5.78 Å². The zero-order valence-electron chi connectivity index (χ0n) is 21.5. The lowest BCUT2D eigenvalue weighted by Crippen LogP contribution is -2.52. The monoisotopic (exact) mass is 525 g/mol. The molecule has 2 amide bonds. The van der Waals surface area contributed by atoms with Crippen molar-refractivity contribution in [3.05, 3.63) is 46.8 Å². The predicted octanol–water partition coefficient (Wildman–Crippen LogP) is 2.96. The maximum atomic E-state index is 13.4. The minimum atomic E-state index is -0.681. The van der Waals surface area contributed by atoms with E-state index in [0.717, 1.165) is 43.3 Å². The molecule has 0 radical (unpaired) electrons. The van der Waals surface area contributed by atoms with E-state index in [2.05, 4.69) is 22.3 Å². The van der Waals surface area contributed by atoms with Crippen molar-refractivity contribution in [2.24, 2.45) is 5.92 Å². The van der Waals surface area contributed by atoms with Gasteiger partial charge in [-0.05, 0) is 48.6 Å². The number of carbonyl (C=O) groups is 3. The van der Waals surface area contributed by atoms with Gasteiger partial charge in [-0.25, -0.2) is 0 Å². The molecule has 9 heteroatoms. The summed E-state index contributed by atoms with van der Waals surface area (Å²) in [6.45, 7) is 9.00. The summed E-state index contributed by atoms with van der Waals surface area (Å²) in [5.74, 6) is -0.329. The molecular formula is C28H35N3O5S. The van der Waals surface area contributed by atoms with Gasteiger partial charge in [0.05, 0.1) is 19.3 Å². The zero-order valence-corrected chi connectivity index (χ0v) is 22.3. The summed E-state index contributed by atoms with van der Waals surface area (Å²) in [4.78, 5) is 45.3. The van der Waals surface area contributed by atoms with Crippen LogP contribution in [0.25, 0.3) is 10.4 Å². The Morgan fingerprint density at radius 1 is 1.08 bits per heavy atom. The molecular weight excluding hydrogens is 490 g/mol. The highest BCUT2D eigenvalue weighted by Gasteiger charge is 2.48. The van der Waals surface area contributed by atoms with Crippen LogP contribution in [0.15, 0.2) is 36.4 Å². The van der Waals surface area contributed by atoms with Gasteiger partial charge in [0.1, 0.15) is 18.7 Å². The number of thiophene rings is 1. The molecule has 0 aliphatic carbocycles. The normalized spacial score (nSPS) is 22.9. The van der Waals surface area contributed by atoms with E-state index in [1.165, 1.54) is 4.88 Å². The van der Waals surface area contributed by atoms with E-state index < -0.39 is 12.1 Å². The molecule has 198 valence electrons. The van der Waals surface area contributed by atoms with Crippen molar-refractivity contribution in [3.63, 3.8) is 0 Å². The van der Waals surface area contributed by atoms with Gasteiger partial charge in [-0.15, -0.1) is 11.3 Å². The van der Waals surface area contributed by atoms with Gasteiger partial charge in [0, 0.05) is 41.5 Å². The summed E-state index contributed by atoms with van der Waals surface area (Å²) < 4.78 is 11.0. The number of hydrogen-bond acceptors (Lipinski definition) is 7. The quantitative estimate of drug-likeness (QED) is 0.570. The highest BCUT2D eigenvalue weighted by atomic mass is 32.1. The Kier molecular flexibility index (Phi) is 8.04. The molecule has 0 spiro atoms. The molecule has 0 saturated carbocycles. The van der Waals surface area contributed by atoms with Crippen molar-refractivity contribution < 1.29 is 23.9 Å². The Bertz CT molecular complexity index is 1130. The molecule has 1 aromatic heterocycles. The third-order valence-electron chi connectivity index (χ3n) is 7.28. The summed E-state index contributed by atoms with van der Waals surface area (Å²) in [5.41, 5.74) is 1.57. The number of nitrogens with zero attached hydrogens (tertiary/aromatic N) is 2. The van der Waals surface area contributed by atoms with Gasteiger partial charge in [-0.2, -0.15) is 0 Å². The van der Waals surface area contributed by atoms with Crippen LogP contribution in [-0.4, -0.2) is 85.0 Å². The Balaban J connectivity index is 1.23. The van der Waals surface area contributed by atoms with E-state index in [1.54, 1.807) is 16.2 Å². The standard InChI is InChI=1S/C28H35N3O5S/c1-18(2)15-22(28(34)31-10-9-24-26(31)23(32)17-36-24)29-27(33)20-5-3-19(4-6-20)25-8-7-21(37-25)16-30-11-13-35-14-12-30/h3-8,18,22,24,26H,9-17H2,1-2H3,(H,29,33). The van der Waals surface area contributed by atoms with Crippen molar-refractivity contribution >= 4 is 28.9 Å². The largest absolute Gasteiger partial charge is 0.379 e. The third kappa shape index (κ3) is 5.95. The average molecular weight is 526 g/mol. The number of ketones is 1. The van der Waals surface area contributed by atoms with Crippen molar-refractivity contribution in [2.75, 3.05) is 39.5 Å². The lowest BCUT2D eigenvalue weighted by atomic mass is 10.0. The van der Waals surface area contributed by atoms with Crippen LogP contribution < -0.4 is 5.32 Å². The number of ether oxygens (including phenoxy) is 2. The van der Waals surface area contributed by atoms with Crippen LogP contribution in [0.4, 0.5) is 0 Å². The fourth-order valence-electron chi connectivity index (χ4n) is 5.36. The van der Waals surface area contributed by atoms with E-state index in [-0.39, 0.29) is 36.2 Å². The summed E-state index contributed by atoms with van der Waals surface area (Å²) >= 11 is 1.77. The Morgan fingerprint density at radius 3 is 2.57 bits per heavy atom. The minimum Gasteiger partial charge on any atom is -0.379 e. The van der Waals surface area contributed by atoms with Crippen LogP contribution in [0.1, 0.15) is 41.9 Å². The number of fused-ring (bicyclic) bond motifs is 1. The number of rotatable bonds is 8. The average Bonchev–Trinajstić information content (AvgIpc) is 3.62. The van der Waals surface area contributed by atoms with Crippen LogP contribution >= 0.6 is 11.3 Å². The van der Waals surface area contributed by atoms with Gasteiger partial charge >= 0.3 is 0 Å². The smallest absolute Gasteiger partial charge is 0.251 e. The fourth-order valence-corrected chi connectivity index (χ4v) is 6.42. The minimum absolute atomic E-state index is 0.0530. The second kappa shape index (κ2) is 11.4. The van der Waals surface area contributed by atoms with Crippen LogP contribution in [-0.2, 0) is 25.6 Å². The van der Waals surface area contributed by atoms with Crippen LogP contribution in [0.5, 0.6) is 0 Å². The number of nitrogens with one attached hydrogen (secondary N) is 1. The second-order valence-electron chi connectivity index (χ2n) is 10.5. The summed E-state index contributed by atoms with van der Waals surface area (Å²) in [6, 6.07) is 10.6. The maximum absolute atomic E-state index is 13.4. The SMILES string of the molecule is CC(C)CC(NC(=O)c1ccc(-c2ccc(CN3CCOCC3)s2)cc1)C(=O)N1CCC2OCC(=O)C21. The van der Waals surface area contributed by atoms with Gasteiger partial charge in [0.25, 0.3) is 5.91 Å². The molecule has 0 bridgehead atoms. The number of Topliss-reactive ketones (excluding diaryl/α,β-unsaturated/α-hetero) is 1. The lowest BCUT2D eigenvalue weighted by molar-refractivity contribution is -0.138. The molecule has 3 aliphatic heterocycles. The first-order chi connectivity index (χ1) is 17.9. The maximum Gasteiger partial charge on any atom is 0.251 e. The first-order valence-corrected chi connectivity index (χ1v) is 14.0. The highest BCUT2D eigenvalue weighted by Crippen LogP contribution is 2.30. The van der Waals surface area contributed by atoms with E-state index in [0.29, 0.717) is 24.9 Å². The lowest BCUT2D eigenvalue weighted by Gasteiger charge is -2.28. The molecule has 2 aromatic rings. The Morgan fingerprint density at radius 2 is 1.84 bits per heavy atom. The molecule has 37 heavy (non-hydrogen) atoms. The van der Waals surface area contributed by atoms with E-state index in [9.17, 15) is 14.4 Å². The predicted molar refractivity (Wildman–Crippen MR) is 141 cm³/mol. The zero-order chi connectivity index (χ0) is 25.9. The van der Waals surface area contributed by atoms with Crippen molar-refractivity contribution in [1.29, 1.82) is 0 Å². The number of likely N-dealkylation sites (tertiary alicyclic amines) is 1. The van der Waals surface area contributed by atoms with E-state index in [4.69, 9.17) is 9.47 Å². The van der Waals surface area contributed by atoms with Gasteiger partial charge < -0.3 is 19.7 Å². The van der Waals surface area contributed by atoms with Crippen LogP contribution in [0.3, 0.4) is 0 Å². The molecule has 4 heterocycles. The Labute approximate surface area is 221 Å². The first kappa shape index (κ1) is 26.0. The summed E-state index contributed by atoms with van der Waals surface area (Å²) in [7, 11) is 0. The number of carbonyl (C=O) groups excluding carboxylic acids is 3. The molecule has 3 aliphatic rings. The topological polar surface area (TPSA) is 88.2 Å². The number of hydrogen-bond donors (Lipinski definition) is 1. The molecule has 3 unspecified atom stereocenters. The van der Waals surface area contributed by atoms with Gasteiger partial charge in [-0.3, -0.25) is 19.3 Å². The molecule has 8 nitrogen and oxygen atoms in total. The Hall–Kier alpha value is -2.59. The van der Waals surface area contributed by atoms with Gasteiger partial charge in [0.2, 0.25) is 5.91 Å². The number of morpholine rings is 1. The third-order valence-corrected chi connectivity index (χ3v) is 8.40. The van der Waals surface area contributed by atoms with Crippen molar-refractivity contribution in [1.82, 2.24) is 15.1 Å². The van der Waals surface area contributed by atoms with Crippen molar-refractivity contribution in [3.8, 4) is 10.4 Å². The fraction of sp³-hybridized carbons (Fsp3) is 0.536. The molecule has 3 fully saturated rings. The number of amides is 2. The molecule has 3 atom stereocenters. The first-order valence-electron chi connectivity index (χ1n) is 13.1. The molecule has 3 saturated heterocycles. The summed E-state index contributed by atoms with van der Waals surface area (Å²) in [6.07, 6.45) is 0.946. The van der Waals surface area contributed by atoms with Crippen molar-refractivity contribution in [2.45, 2.75) is 51.4 Å². The molecule has 1 aromatic carbocycles. The second-order valence-corrected chi connectivity index (χ2v) is 11.6. The number of benzene rings is 1. The van der Waals surface area contributed by atoms with Crippen LogP contribution in [0, 0.1) is 5.92 Å². The molecule has 5 rings (SSSR count). The van der Waals surface area contributed by atoms with Gasteiger partial charge in [-0.1, -0.05) is 26.0 Å². The van der Waals surface area contributed by atoms with E-state index >= 15 is 0 Å². The molecule has 1 N–H and O–H groups in total. The highest BCUT2D eigenvalue weighted by molar-refractivity contribution is 7.15. The summed E-state index contributed by atoms with van der Waals surface area (Å²) in [5, 5.41) is 2.95. The van der Waals surface area contributed by atoms with E-state index in [1.807, 2.05) is 38.1 Å².